The van der Waals surface area contributed by atoms with E-state index in [0.29, 0.717) is 13.2 Å². The van der Waals surface area contributed by atoms with Crippen LogP contribution >= 0.6 is 15.9 Å². The number of hydrogen-bond donors (Lipinski definition) is 0. The average molecular weight is 311 g/mol. The van der Waals surface area contributed by atoms with Gasteiger partial charge in [0.05, 0.1) is 25.5 Å². The van der Waals surface area contributed by atoms with Crippen molar-refractivity contribution < 1.29 is 9.47 Å². The molecule has 96 valence electrons. The number of methoxy groups -OCH3 is 1. The molecule has 0 spiro atoms. The minimum atomic E-state index is 0.545. The average Bonchev–Trinajstić information content (AvgIpc) is 2.84. The van der Waals surface area contributed by atoms with Crippen LogP contribution in [-0.2, 0) is 17.9 Å². The Morgan fingerprint density at radius 1 is 1.28 bits per heavy atom. The highest BCUT2D eigenvalue weighted by atomic mass is 79.9. The molecule has 18 heavy (non-hydrogen) atoms. The highest BCUT2D eigenvalue weighted by molar-refractivity contribution is 9.10. The van der Waals surface area contributed by atoms with Crippen molar-refractivity contribution in [2.24, 2.45) is 0 Å². The molecule has 0 bridgehead atoms. The van der Waals surface area contributed by atoms with Crippen molar-refractivity contribution in [3.63, 3.8) is 0 Å². The minimum absolute atomic E-state index is 0.545. The first-order valence-corrected chi connectivity index (χ1v) is 6.46. The Morgan fingerprint density at radius 3 is 2.78 bits per heavy atom. The second-order valence-electron chi connectivity index (χ2n) is 3.85. The fourth-order valence-corrected chi connectivity index (χ4v) is 1.74. The first-order chi connectivity index (χ1) is 8.78. The van der Waals surface area contributed by atoms with E-state index < -0.39 is 0 Å². The van der Waals surface area contributed by atoms with Gasteiger partial charge in [0.15, 0.2) is 5.75 Å². The van der Waals surface area contributed by atoms with Gasteiger partial charge in [0.25, 0.3) is 0 Å². The van der Waals surface area contributed by atoms with Gasteiger partial charge in [0, 0.05) is 11.6 Å². The lowest BCUT2D eigenvalue weighted by Crippen LogP contribution is -2.03. The van der Waals surface area contributed by atoms with Gasteiger partial charge in [-0.25, -0.2) is 0 Å². The third kappa shape index (κ3) is 3.85. The first-order valence-electron chi connectivity index (χ1n) is 5.66. The van der Waals surface area contributed by atoms with Gasteiger partial charge in [-0.3, -0.25) is 4.68 Å². The standard InChI is InChI=1S/C13H15BrN2O2/c1-17-7-6-16-9-13(8-15-16)18-10-11-2-4-12(14)5-3-11/h2-5,8-9H,6-7,10H2,1H3. The van der Waals surface area contributed by atoms with E-state index in [9.17, 15) is 0 Å². The Morgan fingerprint density at radius 2 is 2.06 bits per heavy atom. The smallest absolute Gasteiger partial charge is 0.157 e. The van der Waals surface area contributed by atoms with E-state index in [1.807, 2.05) is 30.5 Å². The molecule has 0 N–H and O–H groups in total. The number of ether oxygens (including phenoxy) is 2. The van der Waals surface area contributed by atoms with E-state index in [1.54, 1.807) is 18.0 Å². The molecule has 4 nitrogen and oxygen atoms in total. The van der Waals surface area contributed by atoms with Gasteiger partial charge in [0.2, 0.25) is 0 Å². The van der Waals surface area contributed by atoms with Gasteiger partial charge in [-0.2, -0.15) is 5.10 Å². The molecule has 0 aliphatic heterocycles. The highest BCUT2D eigenvalue weighted by Gasteiger charge is 2.00. The third-order valence-corrected chi connectivity index (χ3v) is 2.98. The van der Waals surface area contributed by atoms with Crippen LogP contribution in [0.15, 0.2) is 41.1 Å². The van der Waals surface area contributed by atoms with E-state index in [1.165, 1.54) is 0 Å². The van der Waals surface area contributed by atoms with E-state index in [-0.39, 0.29) is 0 Å². The van der Waals surface area contributed by atoms with Crippen LogP contribution in [0.1, 0.15) is 5.56 Å². The zero-order valence-corrected chi connectivity index (χ0v) is 11.8. The molecule has 1 aromatic carbocycles. The van der Waals surface area contributed by atoms with Crippen LogP contribution in [0.2, 0.25) is 0 Å². The molecule has 0 saturated heterocycles. The molecule has 2 aromatic rings. The minimum Gasteiger partial charge on any atom is -0.486 e. The summed E-state index contributed by atoms with van der Waals surface area (Å²) < 4.78 is 13.5. The zero-order chi connectivity index (χ0) is 12.8. The summed E-state index contributed by atoms with van der Waals surface area (Å²) in [6, 6.07) is 8.06. The maximum Gasteiger partial charge on any atom is 0.157 e. The van der Waals surface area contributed by atoms with Gasteiger partial charge >= 0.3 is 0 Å². The van der Waals surface area contributed by atoms with Crippen molar-refractivity contribution in [3.8, 4) is 5.75 Å². The Hall–Kier alpha value is -1.33. The molecule has 0 amide bonds. The van der Waals surface area contributed by atoms with Crippen LogP contribution < -0.4 is 4.74 Å². The molecule has 0 unspecified atom stereocenters. The van der Waals surface area contributed by atoms with Gasteiger partial charge < -0.3 is 9.47 Å². The Kier molecular flexibility index (Phi) is 4.78. The van der Waals surface area contributed by atoms with E-state index in [0.717, 1.165) is 22.3 Å². The van der Waals surface area contributed by atoms with Gasteiger partial charge in [-0.15, -0.1) is 0 Å². The number of benzene rings is 1. The normalized spacial score (nSPS) is 10.6. The number of nitrogens with zero attached hydrogens (tertiary/aromatic N) is 2. The van der Waals surface area contributed by atoms with Crippen LogP contribution in [0.25, 0.3) is 0 Å². The maximum absolute atomic E-state index is 5.65. The van der Waals surface area contributed by atoms with Gasteiger partial charge in [0.1, 0.15) is 6.61 Å². The van der Waals surface area contributed by atoms with E-state index in [4.69, 9.17) is 9.47 Å². The molecule has 0 fully saturated rings. The summed E-state index contributed by atoms with van der Waals surface area (Å²) in [6.45, 7) is 1.93. The quantitative estimate of drug-likeness (QED) is 0.823. The fourth-order valence-electron chi connectivity index (χ4n) is 1.47. The van der Waals surface area contributed by atoms with E-state index >= 15 is 0 Å². The van der Waals surface area contributed by atoms with Crippen LogP contribution in [0.5, 0.6) is 5.75 Å². The molecule has 0 aliphatic carbocycles. The molecule has 2 rings (SSSR count). The molecule has 0 atom stereocenters. The molecule has 5 heteroatoms. The Bertz CT molecular complexity index is 482. The van der Waals surface area contributed by atoms with Gasteiger partial charge in [-0.05, 0) is 17.7 Å². The molecule has 1 aromatic heterocycles. The monoisotopic (exact) mass is 310 g/mol. The van der Waals surface area contributed by atoms with E-state index in [2.05, 4.69) is 21.0 Å². The molecular weight excluding hydrogens is 296 g/mol. The Balaban J connectivity index is 1.86. The van der Waals surface area contributed by atoms with Crippen LogP contribution in [0.3, 0.4) is 0 Å². The Labute approximate surface area is 115 Å². The summed E-state index contributed by atoms with van der Waals surface area (Å²) in [4.78, 5) is 0. The molecule has 0 saturated carbocycles. The summed E-state index contributed by atoms with van der Waals surface area (Å²) in [6.07, 6.45) is 3.59. The second kappa shape index (κ2) is 6.56. The highest BCUT2D eigenvalue weighted by Crippen LogP contribution is 2.14. The lowest BCUT2D eigenvalue weighted by atomic mass is 10.2. The summed E-state index contributed by atoms with van der Waals surface area (Å²) in [5, 5.41) is 4.18. The number of hydrogen-bond acceptors (Lipinski definition) is 3. The predicted octanol–water partition coefficient (Wildman–Crippen LogP) is 2.87. The summed E-state index contributed by atoms with van der Waals surface area (Å²) >= 11 is 3.40. The van der Waals surface area contributed by atoms with Crippen molar-refractivity contribution in [3.05, 3.63) is 46.7 Å². The van der Waals surface area contributed by atoms with Crippen molar-refractivity contribution in [2.75, 3.05) is 13.7 Å². The number of aromatic nitrogens is 2. The summed E-state index contributed by atoms with van der Waals surface area (Å²) in [5.74, 6) is 0.772. The number of rotatable bonds is 6. The van der Waals surface area contributed by atoms with Gasteiger partial charge in [-0.1, -0.05) is 28.1 Å². The first kappa shape index (κ1) is 13.1. The molecule has 0 aliphatic rings. The third-order valence-electron chi connectivity index (χ3n) is 2.45. The largest absolute Gasteiger partial charge is 0.486 e. The summed E-state index contributed by atoms with van der Waals surface area (Å²) in [5.41, 5.74) is 1.13. The van der Waals surface area contributed by atoms with Crippen molar-refractivity contribution in [1.82, 2.24) is 9.78 Å². The maximum atomic E-state index is 5.65. The fraction of sp³-hybridized carbons (Fsp3) is 0.308. The van der Waals surface area contributed by atoms with Crippen LogP contribution in [-0.4, -0.2) is 23.5 Å². The lowest BCUT2D eigenvalue weighted by Gasteiger charge is -2.03. The zero-order valence-electron chi connectivity index (χ0n) is 10.2. The van der Waals surface area contributed by atoms with Crippen LogP contribution in [0.4, 0.5) is 0 Å². The predicted molar refractivity (Wildman–Crippen MR) is 72.6 cm³/mol. The second-order valence-corrected chi connectivity index (χ2v) is 4.76. The summed E-state index contributed by atoms with van der Waals surface area (Å²) in [7, 11) is 1.68. The SMILES string of the molecule is COCCn1cc(OCc2ccc(Br)cc2)cn1. The van der Waals surface area contributed by atoms with Crippen LogP contribution in [0, 0.1) is 0 Å². The molecule has 0 radical (unpaired) electrons. The number of halogens is 1. The van der Waals surface area contributed by atoms with Crippen molar-refractivity contribution >= 4 is 15.9 Å². The molecule has 1 heterocycles. The molecular formula is C13H15BrN2O2. The lowest BCUT2D eigenvalue weighted by molar-refractivity contribution is 0.183. The van der Waals surface area contributed by atoms with Crippen molar-refractivity contribution in [2.45, 2.75) is 13.2 Å². The van der Waals surface area contributed by atoms with Crippen molar-refractivity contribution in [1.29, 1.82) is 0 Å². The topological polar surface area (TPSA) is 36.3 Å².